The normalized spacial score (nSPS) is 10.6. The molecule has 0 aliphatic rings. The van der Waals surface area contributed by atoms with Crippen LogP contribution in [0, 0.1) is 11.6 Å². The van der Waals surface area contributed by atoms with Gasteiger partial charge in [-0.05, 0) is 13.0 Å². The van der Waals surface area contributed by atoms with Crippen molar-refractivity contribution in [3.05, 3.63) is 46.5 Å². The molecule has 0 saturated heterocycles. The average Bonchev–Trinajstić information content (AvgIpc) is 3.01. The van der Waals surface area contributed by atoms with E-state index in [1.807, 2.05) is 0 Å². The molecule has 0 bridgehead atoms. The van der Waals surface area contributed by atoms with E-state index in [1.54, 1.807) is 17.2 Å². The van der Waals surface area contributed by atoms with Gasteiger partial charge < -0.3 is 15.4 Å². The van der Waals surface area contributed by atoms with Gasteiger partial charge in [0.2, 0.25) is 0 Å². The first kappa shape index (κ1) is 17.3. The van der Waals surface area contributed by atoms with Gasteiger partial charge >= 0.3 is 5.97 Å². The Labute approximate surface area is 136 Å². The molecule has 0 radical (unpaired) electrons. The Morgan fingerprint density at radius 2 is 2.22 bits per heavy atom. The highest BCUT2D eigenvalue weighted by Crippen LogP contribution is 2.24. The molecule has 0 fully saturated rings. The zero-order valence-corrected chi connectivity index (χ0v) is 13.4. The van der Waals surface area contributed by atoms with Crippen LogP contribution in [-0.4, -0.2) is 30.6 Å². The van der Waals surface area contributed by atoms with Crippen LogP contribution in [-0.2, 0) is 11.3 Å². The number of nitrogens with two attached hydrogens (primary N) is 1. The topological polar surface area (TPSA) is 68.5 Å². The van der Waals surface area contributed by atoms with Crippen LogP contribution in [0.25, 0.3) is 0 Å². The van der Waals surface area contributed by atoms with Crippen molar-refractivity contribution in [1.82, 2.24) is 4.98 Å². The predicted molar refractivity (Wildman–Crippen MR) is 84.5 cm³/mol. The van der Waals surface area contributed by atoms with Crippen LogP contribution in [0.5, 0.6) is 0 Å². The van der Waals surface area contributed by atoms with Gasteiger partial charge in [0.15, 0.2) is 22.5 Å². The molecule has 124 valence electrons. The van der Waals surface area contributed by atoms with E-state index in [0.717, 1.165) is 6.07 Å². The van der Waals surface area contributed by atoms with Crippen molar-refractivity contribution in [3.63, 3.8) is 0 Å². The molecule has 0 aliphatic heterocycles. The van der Waals surface area contributed by atoms with Crippen LogP contribution < -0.4 is 10.6 Å². The number of thiazole rings is 1. The van der Waals surface area contributed by atoms with Gasteiger partial charge in [-0.2, -0.15) is 0 Å². The monoisotopic (exact) mass is 341 g/mol. The minimum absolute atomic E-state index is 0.108. The number of aromatic nitrogens is 1. The summed E-state index contributed by atoms with van der Waals surface area (Å²) in [5.41, 5.74) is 5.97. The van der Waals surface area contributed by atoms with Gasteiger partial charge in [-0.25, -0.2) is 18.6 Å². The van der Waals surface area contributed by atoms with Crippen molar-refractivity contribution in [2.24, 2.45) is 5.73 Å². The minimum Gasteiger partial charge on any atom is -0.461 e. The highest BCUT2D eigenvalue weighted by Gasteiger charge is 2.18. The number of carbonyl (C=O) groups excluding carboxylic acids is 1. The second-order valence-electron chi connectivity index (χ2n) is 4.66. The van der Waals surface area contributed by atoms with Crippen molar-refractivity contribution >= 4 is 22.4 Å². The van der Waals surface area contributed by atoms with Crippen molar-refractivity contribution in [2.75, 3.05) is 24.6 Å². The lowest BCUT2D eigenvalue weighted by molar-refractivity contribution is 0.0520. The Kier molecular flexibility index (Phi) is 6.00. The number of ether oxygens (including phenoxy) is 1. The summed E-state index contributed by atoms with van der Waals surface area (Å²) < 4.78 is 32.0. The summed E-state index contributed by atoms with van der Waals surface area (Å²) in [6, 6.07) is 4.01. The molecule has 0 atom stereocenters. The summed E-state index contributed by atoms with van der Waals surface area (Å²) in [6.07, 6.45) is 0. The van der Waals surface area contributed by atoms with Crippen LogP contribution >= 0.6 is 11.3 Å². The fraction of sp³-hybridized carbons (Fsp3) is 0.333. The second kappa shape index (κ2) is 7.98. The van der Waals surface area contributed by atoms with Gasteiger partial charge in [-0.3, -0.25) is 0 Å². The minimum atomic E-state index is -0.901. The molecule has 1 aromatic heterocycles. The molecule has 0 unspecified atom stereocenters. The summed E-state index contributed by atoms with van der Waals surface area (Å²) >= 11 is 1.22. The highest BCUT2D eigenvalue weighted by atomic mass is 32.1. The van der Waals surface area contributed by atoms with E-state index >= 15 is 0 Å². The van der Waals surface area contributed by atoms with Gasteiger partial charge in [0.05, 0.1) is 6.61 Å². The Morgan fingerprint density at radius 3 is 2.91 bits per heavy atom. The number of benzene rings is 1. The molecule has 2 aromatic rings. The first-order chi connectivity index (χ1) is 11.1. The summed E-state index contributed by atoms with van der Waals surface area (Å²) in [5, 5.41) is 2.07. The third-order valence-corrected chi connectivity index (χ3v) is 3.94. The molecule has 2 rings (SSSR count). The molecular formula is C15H17F2N3O2S. The number of hydrogen-bond acceptors (Lipinski definition) is 6. The molecule has 2 N–H and O–H groups in total. The second-order valence-corrected chi connectivity index (χ2v) is 5.50. The average molecular weight is 341 g/mol. The zero-order chi connectivity index (χ0) is 16.8. The number of nitrogens with zero attached hydrogens (tertiary/aromatic N) is 2. The van der Waals surface area contributed by atoms with Gasteiger partial charge in [-0.1, -0.05) is 12.1 Å². The van der Waals surface area contributed by atoms with E-state index in [2.05, 4.69) is 4.98 Å². The van der Waals surface area contributed by atoms with Crippen LogP contribution in [0.1, 0.15) is 23.0 Å². The van der Waals surface area contributed by atoms with Crippen LogP contribution in [0.15, 0.2) is 23.6 Å². The van der Waals surface area contributed by atoms with Crippen LogP contribution in [0.2, 0.25) is 0 Å². The van der Waals surface area contributed by atoms with E-state index in [1.165, 1.54) is 23.5 Å². The van der Waals surface area contributed by atoms with Gasteiger partial charge in [0, 0.05) is 30.6 Å². The van der Waals surface area contributed by atoms with Crippen LogP contribution in [0.3, 0.4) is 0 Å². The maximum Gasteiger partial charge on any atom is 0.357 e. The van der Waals surface area contributed by atoms with Gasteiger partial charge in [0.25, 0.3) is 0 Å². The van der Waals surface area contributed by atoms with Crippen molar-refractivity contribution in [1.29, 1.82) is 0 Å². The van der Waals surface area contributed by atoms with E-state index in [9.17, 15) is 13.6 Å². The molecule has 0 spiro atoms. The number of halogens is 2. The molecule has 5 nitrogen and oxygen atoms in total. The maximum absolute atomic E-state index is 13.8. The first-order valence-electron chi connectivity index (χ1n) is 7.07. The molecule has 1 aromatic carbocycles. The molecular weight excluding hydrogens is 324 g/mol. The van der Waals surface area contributed by atoms with E-state index in [4.69, 9.17) is 10.5 Å². The van der Waals surface area contributed by atoms with Crippen molar-refractivity contribution in [2.45, 2.75) is 13.5 Å². The molecule has 0 amide bonds. The number of esters is 1. The third kappa shape index (κ3) is 4.23. The molecule has 8 heteroatoms. The van der Waals surface area contributed by atoms with E-state index < -0.39 is 17.6 Å². The lowest BCUT2D eigenvalue weighted by Crippen LogP contribution is -2.29. The summed E-state index contributed by atoms with van der Waals surface area (Å²) in [6.45, 7) is 2.78. The third-order valence-electron chi connectivity index (χ3n) is 3.04. The zero-order valence-electron chi connectivity index (χ0n) is 12.6. The number of rotatable bonds is 7. The lowest BCUT2D eigenvalue weighted by atomic mass is 10.2. The molecule has 23 heavy (non-hydrogen) atoms. The Morgan fingerprint density at radius 1 is 1.43 bits per heavy atom. The predicted octanol–water partition coefficient (Wildman–Crippen LogP) is 2.56. The summed E-state index contributed by atoms with van der Waals surface area (Å²) in [7, 11) is 0. The Balaban J connectivity index is 2.21. The van der Waals surface area contributed by atoms with Crippen molar-refractivity contribution < 1.29 is 18.3 Å². The van der Waals surface area contributed by atoms with Gasteiger partial charge in [0.1, 0.15) is 0 Å². The molecule has 0 saturated carbocycles. The number of carbonyl (C=O) groups is 1. The van der Waals surface area contributed by atoms with Gasteiger partial charge in [-0.15, -0.1) is 11.3 Å². The van der Waals surface area contributed by atoms with Crippen LogP contribution in [0.4, 0.5) is 13.9 Å². The Hall–Kier alpha value is -2.06. The summed E-state index contributed by atoms with van der Waals surface area (Å²) in [5.74, 6) is -2.31. The Bertz CT molecular complexity index is 678. The summed E-state index contributed by atoms with van der Waals surface area (Å²) in [4.78, 5) is 17.6. The molecule has 1 heterocycles. The quantitative estimate of drug-likeness (QED) is 0.784. The van der Waals surface area contributed by atoms with E-state index in [0.29, 0.717) is 18.2 Å². The fourth-order valence-electron chi connectivity index (χ4n) is 1.98. The number of hydrogen-bond donors (Lipinski definition) is 1. The maximum atomic E-state index is 13.8. The fourth-order valence-corrected chi connectivity index (χ4v) is 2.80. The highest BCUT2D eigenvalue weighted by molar-refractivity contribution is 7.13. The SMILES string of the molecule is CCOC(=O)c1csc(N(CCN)Cc2cccc(F)c2F)n1. The first-order valence-corrected chi connectivity index (χ1v) is 7.95. The van der Waals surface area contributed by atoms with Crippen molar-refractivity contribution in [3.8, 4) is 0 Å². The molecule has 0 aliphatic carbocycles. The largest absolute Gasteiger partial charge is 0.461 e. The standard InChI is InChI=1S/C15H17F2N3O2S/c1-2-22-14(21)12-9-23-15(19-12)20(7-6-18)8-10-4-3-5-11(16)13(10)17/h3-5,9H,2,6-8,18H2,1H3. The number of anilines is 1. The van der Waals surface area contributed by atoms with E-state index in [-0.39, 0.29) is 24.4 Å². The lowest BCUT2D eigenvalue weighted by Gasteiger charge is -2.21. The smallest absolute Gasteiger partial charge is 0.357 e.